The number of anilines is 2. The van der Waals surface area contributed by atoms with Gasteiger partial charge in [0, 0.05) is 10.7 Å². The second-order valence-electron chi connectivity index (χ2n) is 4.90. The van der Waals surface area contributed by atoms with E-state index in [-0.39, 0.29) is 0 Å². The fraction of sp³-hybridized carbons (Fsp3) is 0.133. The molecule has 128 valence electrons. The first-order valence-electron chi connectivity index (χ1n) is 6.65. The molecule has 0 fully saturated rings. The predicted octanol–water partition coefficient (Wildman–Crippen LogP) is 3.02. The van der Waals surface area contributed by atoms with E-state index in [0.717, 1.165) is 24.5 Å². The summed E-state index contributed by atoms with van der Waals surface area (Å²) in [6.07, 6.45) is 0.756. The molecule has 2 rings (SSSR count). The zero-order valence-electron chi connectivity index (χ0n) is 12.5. The van der Waals surface area contributed by atoms with Gasteiger partial charge in [-0.2, -0.15) is 0 Å². The van der Waals surface area contributed by atoms with Gasteiger partial charge in [-0.3, -0.25) is 9.10 Å². The van der Waals surface area contributed by atoms with E-state index < -0.39 is 39.8 Å². The third kappa shape index (κ3) is 4.42. The fourth-order valence-corrected chi connectivity index (χ4v) is 3.03. The summed E-state index contributed by atoms with van der Waals surface area (Å²) >= 11 is 5.79. The molecule has 0 heterocycles. The standard InChI is InChI=1S/C15H13ClF2N2O3S/c1-24(22,23)20(15-12(17)6-3-7-13(15)18)9-14(21)19-11-5-2-4-10(16)8-11/h2-8H,9H2,1H3,(H,19,21). The third-order valence-corrected chi connectivity index (χ3v) is 4.33. The third-order valence-electron chi connectivity index (χ3n) is 2.98. The maximum atomic E-state index is 13.9. The number of nitrogens with one attached hydrogen (secondary N) is 1. The van der Waals surface area contributed by atoms with E-state index in [4.69, 9.17) is 11.6 Å². The number of sulfonamides is 1. The lowest BCUT2D eigenvalue weighted by Crippen LogP contribution is -2.38. The van der Waals surface area contributed by atoms with E-state index in [0.29, 0.717) is 15.0 Å². The maximum absolute atomic E-state index is 13.9. The fourth-order valence-electron chi connectivity index (χ4n) is 1.99. The second kappa shape index (κ2) is 7.14. The monoisotopic (exact) mass is 374 g/mol. The number of carbonyl (C=O) groups is 1. The molecule has 0 radical (unpaired) electrons. The Bertz CT molecular complexity index is 855. The first kappa shape index (κ1) is 18.2. The van der Waals surface area contributed by atoms with E-state index in [2.05, 4.69) is 5.32 Å². The Morgan fingerprint density at radius 1 is 1.17 bits per heavy atom. The molecule has 0 aromatic heterocycles. The van der Waals surface area contributed by atoms with Crippen molar-refractivity contribution in [2.45, 2.75) is 0 Å². The van der Waals surface area contributed by atoms with Crippen LogP contribution in [0.1, 0.15) is 0 Å². The number of rotatable bonds is 5. The topological polar surface area (TPSA) is 66.5 Å². The zero-order chi connectivity index (χ0) is 17.9. The van der Waals surface area contributed by atoms with Crippen LogP contribution in [0.25, 0.3) is 0 Å². The van der Waals surface area contributed by atoms with Crippen molar-refractivity contribution in [3.05, 3.63) is 59.1 Å². The zero-order valence-corrected chi connectivity index (χ0v) is 14.0. The van der Waals surface area contributed by atoms with E-state index in [1.165, 1.54) is 12.1 Å². The second-order valence-corrected chi connectivity index (χ2v) is 7.24. The van der Waals surface area contributed by atoms with Gasteiger partial charge >= 0.3 is 0 Å². The lowest BCUT2D eigenvalue weighted by atomic mass is 10.3. The summed E-state index contributed by atoms with van der Waals surface area (Å²) in [4.78, 5) is 12.1. The van der Waals surface area contributed by atoms with Crippen LogP contribution in [0.3, 0.4) is 0 Å². The molecule has 1 amide bonds. The summed E-state index contributed by atoms with van der Waals surface area (Å²) < 4.78 is 51.8. The first-order valence-corrected chi connectivity index (χ1v) is 8.88. The largest absolute Gasteiger partial charge is 0.324 e. The van der Waals surface area contributed by atoms with Crippen LogP contribution in [0, 0.1) is 11.6 Å². The van der Waals surface area contributed by atoms with Crippen LogP contribution in [-0.4, -0.2) is 27.1 Å². The molecule has 0 aliphatic rings. The molecule has 1 N–H and O–H groups in total. The van der Waals surface area contributed by atoms with Gasteiger partial charge in [0.05, 0.1) is 6.26 Å². The number of hydrogen-bond donors (Lipinski definition) is 1. The SMILES string of the molecule is CS(=O)(=O)N(CC(=O)Nc1cccc(Cl)c1)c1c(F)cccc1F. The Morgan fingerprint density at radius 3 is 2.29 bits per heavy atom. The van der Waals surface area contributed by atoms with Crippen LogP contribution in [0.2, 0.25) is 5.02 Å². The van der Waals surface area contributed by atoms with Gasteiger partial charge < -0.3 is 5.32 Å². The van der Waals surface area contributed by atoms with Gasteiger partial charge in [0.15, 0.2) is 11.6 Å². The number of amides is 1. The Kier molecular flexibility index (Phi) is 5.40. The smallest absolute Gasteiger partial charge is 0.245 e. The molecule has 2 aromatic rings. The molecule has 0 saturated carbocycles. The quantitative estimate of drug-likeness (QED) is 0.874. The Balaban J connectivity index is 2.29. The summed E-state index contributed by atoms with van der Waals surface area (Å²) in [5.74, 6) is -2.95. The lowest BCUT2D eigenvalue weighted by molar-refractivity contribution is -0.114. The molecule has 0 aliphatic carbocycles. The van der Waals surface area contributed by atoms with Crippen LogP contribution in [0.5, 0.6) is 0 Å². The molecule has 9 heteroatoms. The highest BCUT2D eigenvalue weighted by atomic mass is 35.5. The maximum Gasteiger partial charge on any atom is 0.245 e. The number of nitrogens with zero attached hydrogens (tertiary/aromatic N) is 1. The van der Waals surface area contributed by atoms with Crippen LogP contribution < -0.4 is 9.62 Å². The minimum atomic E-state index is -4.09. The molecule has 0 aliphatic heterocycles. The molecule has 0 unspecified atom stereocenters. The normalized spacial score (nSPS) is 11.2. The van der Waals surface area contributed by atoms with Crippen LogP contribution in [0.15, 0.2) is 42.5 Å². The molecule has 0 saturated heterocycles. The summed E-state index contributed by atoms with van der Waals surface area (Å²) in [6, 6.07) is 9.08. The van der Waals surface area contributed by atoms with Crippen molar-refractivity contribution in [3.63, 3.8) is 0 Å². The minimum Gasteiger partial charge on any atom is -0.324 e. The van der Waals surface area contributed by atoms with Crippen molar-refractivity contribution in [2.75, 3.05) is 22.4 Å². The molecular weight excluding hydrogens is 362 g/mol. The van der Waals surface area contributed by atoms with Crippen molar-refractivity contribution < 1.29 is 22.0 Å². The van der Waals surface area contributed by atoms with Gasteiger partial charge in [-0.05, 0) is 30.3 Å². The van der Waals surface area contributed by atoms with Gasteiger partial charge in [0.2, 0.25) is 15.9 Å². The van der Waals surface area contributed by atoms with Gasteiger partial charge in [0.1, 0.15) is 12.2 Å². The summed E-state index contributed by atoms with van der Waals surface area (Å²) in [5, 5.41) is 2.79. The van der Waals surface area contributed by atoms with Crippen molar-refractivity contribution >= 4 is 38.9 Å². The van der Waals surface area contributed by atoms with Crippen molar-refractivity contribution in [1.82, 2.24) is 0 Å². The highest BCUT2D eigenvalue weighted by molar-refractivity contribution is 7.92. The Morgan fingerprint density at radius 2 is 1.75 bits per heavy atom. The molecule has 0 spiro atoms. The van der Waals surface area contributed by atoms with E-state index in [1.54, 1.807) is 12.1 Å². The van der Waals surface area contributed by atoms with Gasteiger partial charge in [0.25, 0.3) is 0 Å². The molecule has 2 aromatic carbocycles. The van der Waals surface area contributed by atoms with Crippen molar-refractivity contribution in [2.24, 2.45) is 0 Å². The predicted molar refractivity (Wildman–Crippen MR) is 88.6 cm³/mol. The van der Waals surface area contributed by atoms with Crippen LogP contribution >= 0.6 is 11.6 Å². The Hall–Kier alpha value is -2.19. The number of carbonyl (C=O) groups excluding carboxylic acids is 1. The van der Waals surface area contributed by atoms with Crippen molar-refractivity contribution in [1.29, 1.82) is 0 Å². The average molecular weight is 375 g/mol. The van der Waals surface area contributed by atoms with E-state index in [1.807, 2.05) is 0 Å². The molecule has 5 nitrogen and oxygen atoms in total. The number of para-hydroxylation sites is 1. The van der Waals surface area contributed by atoms with Crippen molar-refractivity contribution in [3.8, 4) is 0 Å². The molecule has 0 bridgehead atoms. The molecule has 24 heavy (non-hydrogen) atoms. The van der Waals surface area contributed by atoms with Gasteiger partial charge in [-0.15, -0.1) is 0 Å². The number of halogens is 3. The summed E-state index contributed by atoms with van der Waals surface area (Å²) in [5.41, 5.74) is -0.476. The number of benzene rings is 2. The highest BCUT2D eigenvalue weighted by Gasteiger charge is 2.26. The van der Waals surface area contributed by atoms with Gasteiger partial charge in [-0.1, -0.05) is 23.7 Å². The average Bonchev–Trinajstić information content (AvgIpc) is 2.45. The van der Waals surface area contributed by atoms with E-state index in [9.17, 15) is 22.0 Å². The summed E-state index contributed by atoms with van der Waals surface area (Å²) in [6.45, 7) is -0.788. The van der Waals surface area contributed by atoms with E-state index >= 15 is 0 Å². The number of hydrogen-bond acceptors (Lipinski definition) is 3. The molecule has 0 atom stereocenters. The molecular formula is C15H13ClF2N2O3S. The highest BCUT2D eigenvalue weighted by Crippen LogP contribution is 2.25. The minimum absolute atomic E-state index is 0.329. The lowest BCUT2D eigenvalue weighted by Gasteiger charge is -2.22. The van der Waals surface area contributed by atoms with Crippen LogP contribution in [0.4, 0.5) is 20.2 Å². The Labute approximate surface area is 142 Å². The van der Waals surface area contributed by atoms with Crippen LogP contribution in [-0.2, 0) is 14.8 Å². The first-order chi connectivity index (χ1) is 11.2. The summed E-state index contributed by atoms with van der Waals surface area (Å²) in [7, 11) is -4.09. The van der Waals surface area contributed by atoms with Gasteiger partial charge in [-0.25, -0.2) is 17.2 Å².